The number of nitrogens with zero attached hydrogens (tertiary/aromatic N) is 2. The van der Waals surface area contributed by atoms with E-state index in [9.17, 15) is 19.7 Å². The number of anilines is 2. The van der Waals surface area contributed by atoms with Crippen molar-refractivity contribution in [3.05, 3.63) is 88.0 Å². The fraction of sp³-hybridized carbons (Fsp3) is 0.167. The minimum Gasteiger partial charge on any atom is -0.326 e. The number of nitro groups is 1. The van der Waals surface area contributed by atoms with Crippen LogP contribution < -0.4 is 10.2 Å². The van der Waals surface area contributed by atoms with Gasteiger partial charge in [-0.15, -0.1) is 0 Å². The highest BCUT2D eigenvalue weighted by Gasteiger charge is 2.38. The van der Waals surface area contributed by atoms with Gasteiger partial charge in [-0.1, -0.05) is 36.0 Å². The summed E-state index contributed by atoms with van der Waals surface area (Å²) in [6, 6.07) is 19.4. The van der Waals surface area contributed by atoms with Crippen molar-refractivity contribution in [3.63, 3.8) is 0 Å². The highest BCUT2D eigenvalue weighted by Crippen LogP contribution is 2.46. The number of nitrogens with one attached hydrogen (secondary N) is 1. The molecule has 0 unspecified atom stereocenters. The number of amides is 2. The molecule has 0 spiro atoms. The number of carbonyl (C=O) groups is 2. The van der Waals surface area contributed by atoms with Crippen LogP contribution in [-0.4, -0.2) is 22.8 Å². The first-order chi connectivity index (χ1) is 15.5. The van der Waals surface area contributed by atoms with Crippen LogP contribution in [-0.2, 0) is 11.2 Å². The van der Waals surface area contributed by atoms with Gasteiger partial charge in [-0.05, 0) is 48.7 Å². The molecule has 1 aliphatic carbocycles. The summed E-state index contributed by atoms with van der Waals surface area (Å²) in [6.45, 7) is 0. The normalized spacial score (nSPS) is 14.9. The third kappa shape index (κ3) is 3.97. The number of fused-ring (bicyclic) bond motifs is 2. The van der Waals surface area contributed by atoms with Gasteiger partial charge >= 0.3 is 0 Å². The lowest BCUT2D eigenvalue weighted by atomic mass is 10.1. The van der Waals surface area contributed by atoms with Crippen molar-refractivity contribution >= 4 is 40.6 Å². The smallest absolute Gasteiger partial charge is 0.269 e. The largest absolute Gasteiger partial charge is 0.326 e. The first-order valence-electron chi connectivity index (χ1n) is 10.3. The Morgan fingerprint density at radius 3 is 2.53 bits per heavy atom. The Morgan fingerprint density at radius 1 is 1.06 bits per heavy atom. The predicted octanol–water partition coefficient (Wildman–Crippen LogP) is 5.05. The first kappa shape index (κ1) is 20.3. The van der Waals surface area contributed by atoms with E-state index >= 15 is 0 Å². The predicted molar refractivity (Wildman–Crippen MR) is 122 cm³/mol. The lowest BCUT2D eigenvalue weighted by Crippen LogP contribution is -2.32. The summed E-state index contributed by atoms with van der Waals surface area (Å²) in [5, 5.41) is 13.7. The van der Waals surface area contributed by atoms with Gasteiger partial charge in [0.15, 0.2) is 0 Å². The summed E-state index contributed by atoms with van der Waals surface area (Å²) in [7, 11) is 0. The van der Waals surface area contributed by atoms with Crippen LogP contribution in [0.15, 0.2) is 76.5 Å². The van der Waals surface area contributed by atoms with Crippen molar-refractivity contribution in [2.45, 2.75) is 35.1 Å². The lowest BCUT2D eigenvalue weighted by Gasteiger charge is -2.23. The van der Waals surface area contributed by atoms with E-state index in [1.54, 1.807) is 12.1 Å². The second-order valence-electron chi connectivity index (χ2n) is 7.84. The van der Waals surface area contributed by atoms with Gasteiger partial charge in [-0.2, -0.15) is 0 Å². The summed E-state index contributed by atoms with van der Waals surface area (Å²) >= 11 is 1.53. The third-order valence-electron chi connectivity index (χ3n) is 5.48. The zero-order valence-corrected chi connectivity index (χ0v) is 17.8. The van der Waals surface area contributed by atoms with Gasteiger partial charge in [0.1, 0.15) is 0 Å². The number of hydrogen-bond acceptors (Lipinski definition) is 5. The lowest BCUT2D eigenvalue weighted by molar-refractivity contribution is -0.384. The zero-order chi connectivity index (χ0) is 22.2. The highest BCUT2D eigenvalue weighted by molar-refractivity contribution is 7.99. The number of nitro benzene ring substituents is 1. The van der Waals surface area contributed by atoms with E-state index in [-0.39, 0.29) is 30.0 Å². The molecule has 3 aromatic rings. The number of rotatable bonds is 5. The zero-order valence-electron chi connectivity index (χ0n) is 17.0. The number of carbonyl (C=O) groups excluding carboxylic acids is 2. The minimum atomic E-state index is -0.467. The molecule has 2 aliphatic rings. The molecule has 1 heterocycles. The molecule has 2 amide bonds. The summed E-state index contributed by atoms with van der Waals surface area (Å²) in [4.78, 5) is 39.8. The van der Waals surface area contributed by atoms with Crippen molar-refractivity contribution in [2.75, 3.05) is 10.2 Å². The maximum Gasteiger partial charge on any atom is 0.269 e. The second kappa shape index (κ2) is 8.12. The molecular weight excluding hydrogens is 426 g/mol. The molecule has 32 heavy (non-hydrogen) atoms. The second-order valence-corrected chi connectivity index (χ2v) is 8.92. The van der Waals surface area contributed by atoms with Gasteiger partial charge < -0.3 is 10.2 Å². The molecule has 0 saturated heterocycles. The van der Waals surface area contributed by atoms with E-state index in [2.05, 4.69) is 5.32 Å². The Kier molecular flexibility index (Phi) is 5.14. The molecule has 1 saturated carbocycles. The molecular formula is C24H19N3O4S. The topological polar surface area (TPSA) is 92.5 Å². The number of non-ortho nitro benzene ring substituents is 1. The van der Waals surface area contributed by atoms with Crippen LogP contribution in [0, 0.1) is 10.1 Å². The Bertz CT molecular complexity index is 1240. The quantitative estimate of drug-likeness (QED) is 0.438. The van der Waals surface area contributed by atoms with Crippen LogP contribution in [0.4, 0.5) is 17.1 Å². The van der Waals surface area contributed by atoms with Crippen molar-refractivity contribution in [2.24, 2.45) is 0 Å². The molecule has 160 valence electrons. The SMILES string of the molecule is O=C(Cc1ccc([N+](=O)[O-])cc1)Nc1ccc2c(c1)Sc1ccccc1C(=O)N2C1CC1. The van der Waals surface area contributed by atoms with E-state index in [1.807, 2.05) is 47.4 Å². The van der Waals surface area contributed by atoms with Crippen LogP contribution in [0.3, 0.4) is 0 Å². The monoisotopic (exact) mass is 445 g/mol. The summed E-state index contributed by atoms with van der Waals surface area (Å²) in [6.07, 6.45) is 2.09. The maximum absolute atomic E-state index is 13.2. The van der Waals surface area contributed by atoms with Gasteiger partial charge in [0.05, 0.1) is 22.6 Å². The summed E-state index contributed by atoms with van der Waals surface area (Å²) < 4.78 is 0. The summed E-state index contributed by atoms with van der Waals surface area (Å²) in [5.41, 5.74) is 2.89. The van der Waals surface area contributed by atoms with E-state index in [0.29, 0.717) is 16.8 Å². The average Bonchev–Trinajstić information content (AvgIpc) is 3.61. The average molecular weight is 446 g/mol. The van der Waals surface area contributed by atoms with Crippen LogP contribution in [0.5, 0.6) is 0 Å². The van der Waals surface area contributed by atoms with Crippen molar-refractivity contribution in [3.8, 4) is 0 Å². The minimum absolute atomic E-state index is 0.00743. The van der Waals surface area contributed by atoms with Gasteiger partial charge in [-0.3, -0.25) is 19.7 Å². The molecule has 1 aliphatic heterocycles. The Labute approximate surface area is 188 Å². The Hall–Kier alpha value is -3.65. The van der Waals surface area contributed by atoms with Crippen molar-refractivity contribution < 1.29 is 14.5 Å². The first-order valence-corrected chi connectivity index (χ1v) is 11.1. The van der Waals surface area contributed by atoms with Crippen LogP contribution in [0.1, 0.15) is 28.8 Å². The fourth-order valence-electron chi connectivity index (χ4n) is 3.78. The van der Waals surface area contributed by atoms with Crippen LogP contribution in [0.2, 0.25) is 0 Å². The molecule has 0 bridgehead atoms. The van der Waals surface area contributed by atoms with E-state index in [1.165, 1.54) is 23.9 Å². The molecule has 0 atom stereocenters. The molecule has 5 rings (SSSR count). The van der Waals surface area contributed by atoms with Gasteiger partial charge in [0.2, 0.25) is 5.91 Å². The Morgan fingerprint density at radius 2 is 1.81 bits per heavy atom. The third-order valence-corrected chi connectivity index (χ3v) is 6.61. The molecule has 1 fully saturated rings. The number of hydrogen-bond donors (Lipinski definition) is 1. The van der Waals surface area contributed by atoms with E-state index in [4.69, 9.17) is 0 Å². The van der Waals surface area contributed by atoms with Crippen molar-refractivity contribution in [1.29, 1.82) is 0 Å². The number of benzene rings is 3. The van der Waals surface area contributed by atoms with Crippen LogP contribution in [0.25, 0.3) is 0 Å². The molecule has 0 radical (unpaired) electrons. The standard InChI is InChI=1S/C24H19N3O4S/c28-23(13-15-5-8-18(9-6-15)27(30)31)25-16-7-12-20-22(14-16)32-21-4-2-1-3-19(21)24(29)26(20)17-10-11-17/h1-9,12,14,17H,10-11,13H2,(H,25,28). The summed E-state index contributed by atoms with van der Waals surface area (Å²) in [5.74, 6) is -0.197. The van der Waals surface area contributed by atoms with E-state index in [0.717, 1.165) is 28.3 Å². The Balaban J connectivity index is 1.38. The maximum atomic E-state index is 13.2. The molecule has 3 aromatic carbocycles. The fourth-order valence-corrected chi connectivity index (χ4v) is 4.89. The molecule has 1 N–H and O–H groups in total. The molecule has 8 heteroatoms. The highest BCUT2D eigenvalue weighted by atomic mass is 32.2. The van der Waals surface area contributed by atoms with Gasteiger partial charge in [-0.25, -0.2) is 0 Å². The van der Waals surface area contributed by atoms with Gasteiger partial charge in [0.25, 0.3) is 11.6 Å². The van der Waals surface area contributed by atoms with Gasteiger partial charge in [0, 0.05) is 33.7 Å². The molecule has 7 nitrogen and oxygen atoms in total. The van der Waals surface area contributed by atoms with E-state index < -0.39 is 4.92 Å². The van der Waals surface area contributed by atoms with Crippen molar-refractivity contribution in [1.82, 2.24) is 0 Å². The van der Waals surface area contributed by atoms with Crippen LogP contribution >= 0.6 is 11.8 Å². The molecule has 0 aromatic heterocycles.